The van der Waals surface area contributed by atoms with Gasteiger partial charge in [-0.05, 0) is 12.0 Å². The molecule has 2 rings (SSSR count). The van der Waals surface area contributed by atoms with Crippen LogP contribution >= 0.6 is 0 Å². The van der Waals surface area contributed by atoms with Crippen molar-refractivity contribution in [1.82, 2.24) is 5.32 Å². The number of allylic oxidation sites excluding steroid dienone is 1. The predicted molar refractivity (Wildman–Crippen MR) is 67.6 cm³/mol. The Morgan fingerprint density at radius 1 is 1.33 bits per heavy atom. The number of hydrogen-bond donors (Lipinski definition) is 2. The Morgan fingerprint density at radius 2 is 2.06 bits per heavy atom. The van der Waals surface area contributed by atoms with Gasteiger partial charge < -0.3 is 5.73 Å². The minimum absolute atomic E-state index is 0.0297. The number of carbonyl (C=O) groups is 2. The van der Waals surface area contributed by atoms with Gasteiger partial charge in [-0.2, -0.15) is 0 Å². The van der Waals surface area contributed by atoms with E-state index in [1.807, 2.05) is 30.3 Å². The third-order valence-electron chi connectivity index (χ3n) is 2.52. The highest BCUT2D eigenvalue weighted by atomic mass is 16.2. The Morgan fingerprint density at radius 3 is 2.67 bits per heavy atom. The van der Waals surface area contributed by atoms with E-state index in [4.69, 9.17) is 5.73 Å². The van der Waals surface area contributed by atoms with Gasteiger partial charge in [-0.15, -0.1) is 0 Å². The van der Waals surface area contributed by atoms with Crippen LogP contribution in [0.1, 0.15) is 12.0 Å². The van der Waals surface area contributed by atoms with Crippen LogP contribution in [0.5, 0.6) is 0 Å². The van der Waals surface area contributed by atoms with Gasteiger partial charge in [0.05, 0.1) is 0 Å². The van der Waals surface area contributed by atoms with Crippen LogP contribution in [0.15, 0.2) is 47.1 Å². The van der Waals surface area contributed by atoms with Crippen molar-refractivity contribution in [3.05, 3.63) is 47.7 Å². The Labute approximate surface area is 104 Å². The van der Waals surface area contributed by atoms with Gasteiger partial charge in [0, 0.05) is 12.5 Å². The molecule has 0 bridgehead atoms. The molecule has 1 aromatic rings. The highest BCUT2D eigenvalue weighted by molar-refractivity contribution is 6.13. The van der Waals surface area contributed by atoms with E-state index in [9.17, 15) is 9.59 Å². The zero-order valence-corrected chi connectivity index (χ0v) is 9.72. The summed E-state index contributed by atoms with van der Waals surface area (Å²) in [6, 6.07) is 9.69. The van der Waals surface area contributed by atoms with Crippen LogP contribution < -0.4 is 11.1 Å². The van der Waals surface area contributed by atoms with Crippen molar-refractivity contribution in [3.63, 3.8) is 0 Å². The fourth-order valence-electron chi connectivity index (χ4n) is 1.62. The number of benzene rings is 1. The molecule has 0 radical (unpaired) electrons. The van der Waals surface area contributed by atoms with Gasteiger partial charge in [-0.25, -0.2) is 4.99 Å². The smallest absolute Gasteiger partial charge is 0.276 e. The number of rotatable bonds is 4. The summed E-state index contributed by atoms with van der Waals surface area (Å²) in [5, 5.41) is 2.31. The fourth-order valence-corrected chi connectivity index (χ4v) is 1.62. The number of aryl methyl sites for hydroxylation is 1. The maximum atomic E-state index is 11.7. The molecule has 1 amide bonds. The number of nitrogens with one attached hydrogen (secondary N) is 1. The molecule has 0 spiro atoms. The molecule has 5 heteroatoms. The zero-order chi connectivity index (χ0) is 13.0. The highest BCUT2D eigenvalue weighted by Gasteiger charge is 2.18. The summed E-state index contributed by atoms with van der Waals surface area (Å²) in [4.78, 5) is 26.7. The summed E-state index contributed by atoms with van der Waals surface area (Å²) >= 11 is 0. The second-order valence-corrected chi connectivity index (χ2v) is 3.93. The molecule has 1 heterocycles. The van der Waals surface area contributed by atoms with Crippen molar-refractivity contribution in [2.24, 2.45) is 10.7 Å². The lowest BCUT2D eigenvalue weighted by molar-refractivity contribution is -0.117. The number of amides is 1. The minimum Gasteiger partial charge on any atom is -0.369 e. The Hall–Kier alpha value is -2.43. The Bertz CT molecular complexity index is 532. The summed E-state index contributed by atoms with van der Waals surface area (Å²) in [6.45, 7) is 0. The first kappa shape index (κ1) is 12.0. The van der Waals surface area contributed by atoms with Gasteiger partial charge in [0.1, 0.15) is 5.70 Å². The summed E-state index contributed by atoms with van der Waals surface area (Å²) in [5.74, 6) is -0.537. The Kier molecular flexibility index (Phi) is 3.52. The normalized spacial score (nSPS) is 16.6. The number of aliphatic imine (C=N–C) groups is 1. The number of nitrogens with two attached hydrogens (primary N) is 1. The molecule has 0 atom stereocenters. The van der Waals surface area contributed by atoms with E-state index in [0.717, 1.165) is 5.56 Å². The van der Waals surface area contributed by atoms with Crippen molar-refractivity contribution in [1.29, 1.82) is 0 Å². The van der Waals surface area contributed by atoms with Crippen molar-refractivity contribution in [3.8, 4) is 0 Å². The molecular weight excluding hydrogens is 230 g/mol. The van der Waals surface area contributed by atoms with Crippen molar-refractivity contribution >= 4 is 17.6 Å². The second-order valence-electron chi connectivity index (χ2n) is 3.93. The average Bonchev–Trinajstić information content (AvgIpc) is 2.67. The van der Waals surface area contributed by atoms with E-state index in [1.54, 1.807) is 0 Å². The van der Waals surface area contributed by atoms with Gasteiger partial charge in [-0.1, -0.05) is 30.3 Å². The topological polar surface area (TPSA) is 84.5 Å². The molecule has 0 aromatic heterocycles. The van der Waals surface area contributed by atoms with Crippen molar-refractivity contribution in [2.45, 2.75) is 12.8 Å². The van der Waals surface area contributed by atoms with Crippen LogP contribution in [0.25, 0.3) is 0 Å². The first-order valence-corrected chi connectivity index (χ1v) is 5.59. The molecule has 92 valence electrons. The number of carbonyl (C=O) groups excluding carboxylic acids is 2. The van der Waals surface area contributed by atoms with E-state index >= 15 is 0 Å². The fraction of sp³-hybridized carbons (Fsp3) is 0.154. The predicted octanol–water partition coefficient (Wildman–Crippen LogP) is 0.517. The molecule has 1 aromatic carbocycles. The second kappa shape index (κ2) is 5.27. The lowest BCUT2D eigenvalue weighted by Gasteiger charge is -1.98. The monoisotopic (exact) mass is 243 g/mol. The van der Waals surface area contributed by atoms with Gasteiger partial charge in [0.2, 0.25) is 5.96 Å². The van der Waals surface area contributed by atoms with Crippen LogP contribution in [0.3, 0.4) is 0 Å². The largest absolute Gasteiger partial charge is 0.369 e. The van der Waals surface area contributed by atoms with Crippen molar-refractivity contribution < 1.29 is 9.59 Å². The number of hydrogen-bond acceptors (Lipinski definition) is 4. The minimum atomic E-state index is -0.430. The van der Waals surface area contributed by atoms with Crippen LogP contribution in [-0.2, 0) is 16.0 Å². The first-order valence-electron chi connectivity index (χ1n) is 5.59. The number of guanidine groups is 1. The molecule has 1 aliphatic heterocycles. The van der Waals surface area contributed by atoms with E-state index in [1.165, 1.54) is 6.08 Å². The lowest BCUT2D eigenvalue weighted by atomic mass is 10.1. The van der Waals surface area contributed by atoms with Gasteiger partial charge >= 0.3 is 0 Å². The zero-order valence-electron chi connectivity index (χ0n) is 9.72. The molecular formula is C13H13N3O2. The molecule has 1 aliphatic rings. The number of ketones is 1. The summed E-state index contributed by atoms with van der Waals surface area (Å²) in [7, 11) is 0. The van der Waals surface area contributed by atoms with Crippen LogP contribution in [0.4, 0.5) is 0 Å². The maximum Gasteiger partial charge on any atom is 0.276 e. The summed E-state index contributed by atoms with van der Waals surface area (Å²) in [6.07, 6.45) is 2.22. The average molecular weight is 243 g/mol. The van der Waals surface area contributed by atoms with Crippen LogP contribution in [0, 0.1) is 0 Å². The van der Waals surface area contributed by atoms with E-state index in [-0.39, 0.29) is 17.4 Å². The molecule has 18 heavy (non-hydrogen) atoms. The molecule has 0 saturated heterocycles. The van der Waals surface area contributed by atoms with Gasteiger partial charge in [0.15, 0.2) is 5.78 Å². The lowest BCUT2D eigenvalue weighted by Crippen LogP contribution is -2.30. The van der Waals surface area contributed by atoms with Gasteiger partial charge in [0.25, 0.3) is 5.91 Å². The number of nitrogens with zero attached hydrogens (tertiary/aromatic N) is 1. The standard InChI is InChI=1S/C13H13N3O2/c14-13-15-11(12(18)16-13)8-10(17)7-6-9-4-2-1-3-5-9/h1-5,8H,6-7H2,(H3,14,15,16,18). The SMILES string of the molecule is NC1=NC(=CC(=O)CCc2ccccc2)C(=O)N1. The molecule has 0 unspecified atom stereocenters. The quantitative estimate of drug-likeness (QED) is 0.756. The molecule has 0 saturated carbocycles. The third kappa shape index (κ3) is 3.04. The van der Waals surface area contributed by atoms with Crippen LogP contribution in [-0.4, -0.2) is 17.6 Å². The third-order valence-corrected chi connectivity index (χ3v) is 2.52. The Balaban J connectivity index is 1.94. The summed E-state index contributed by atoms with van der Waals surface area (Å²) in [5.41, 5.74) is 6.48. The molecule has 5 nitrogen and oxygen atoms in total. The molecule has 0 aliphatic carbocycles. The van der Waals surface area contributed by atoms with Crippen LogP contribution in [0.2, 0.25) is 0 Å². The molecule has 0 fully saturated rings. The first-order chi connectivity index (χ1) is 8.65. The summed E-state index contributed by atoms with van der Waals surface area (Å²) < 4.78 is 0. The van der Waals surface area contributed by atoms with Crippen molar-refractivity contribution in [2.75, 3.05) is 0 Å². The van der Waals surface area contributed by atoms with E-state index in [2.05, 4.69) is 10.3 Å². The van der Waals surface area contributed by atoms with E-state index < -0.39 is 5.91 Å². The van der Waals surface area contributed by atoms with E-state index in [0.29, 0.717) is 12.8 Å². The maximum absolute atomic E-state index is 11.7. The molecule has 3 N–H and O–H groups in total. The highest BCUT2D eigenvalue weighted by Crippen LogP contribution is 2.07. The van der Waals surface area contributed by atoms with Gasteiger partial charge in [-0.3, -0.25) is 14.9 Å².